The van der Waals surface area contributed by atoms with E-state index in [4.69, 9.17) is 4.98 Å². The first-order valence-electron chi connectivity index (χ1n) is 8.07. The molecule has 0 radical (unpaired) electrons. The topological polar surface area (TPSA) is 61.3 Å². The molecule has 0 saturated carbocycles. The van der Waals surface area contributed by atoms with Crippen molar-refractivity contribution in [2.24, 2.45) is 0 Å². The summed E-state index contributed by atoms with van der Waals surface area (Å²) in [5, 5.41) is 12.7. The van der Waals surface area contributed by atoms with E-state index in [-0.39, 0.29) is 12.5 Å². The predicted molar refractivity (Wildman–Crippen MR) is 89.1 cm³/mol. The number of anilines is 2. The number of rotatable bonds is 9. The minimum Gasteiger partial charge on any atom is -0.395 e. The molecule has 0 aliphatic heterocycles. The highest BCUT2D eigenvalue weighted by molar-refractivity contribution is 5.50. The van der Waals surface area contributed by atoms with Crippen LogP contribution in [0, 0.1) is 0 Å². The van der Waals surface area contributed by atoms with Crippen molar-refractivity contribution in [3.63, 3.8) is 0 Å². The van der Waals surface area contributed by atoms with Crippen LogP contribution in [-0.2, 0) is 0 Å². The van der Waals surface area contributed by atoms with E-state index in [1.54, 1.807) is 0 Å². The highest BCUT2D eigenvalue weighted by atomic mass is 16.3. The lowest BCUT2D eigenvalue weighted by Crippen LogP contribution is -2.37. The van der Waals surface area contributed by atoms with Gasteiger partial charge in [-0.15, -0.1) is 0 Å². The zero-order chi connectivity index (χ0) is 15.8. The van der Waals surface area contributed by atoms with Crippen LogP contribution in [-0.4, -0.2) is 40.8 Å². The van der Waals surface area contributed by atoms with Gasteiger partial charge in [0.1, 0.15) is 17.5 Å². The van der Waals surface area contributed by atoms with Crippen LogP contribution in [0.3, 0.4) is 0 Å². The van der Waals surface area contributed by atoms with Crippen LogP contribution in [0.1, 0.15) is 59.2 Å². The Morgan fingerprint density at radius 2 is 1.86 bits per heavy atom. The summed E-state index contributed by atoms with van der Waals surface area (Å²) in [6.45, 7) is 12.2. The normalized spacial score (nSPS) is 11.2. The van der Waals surface area contributed by atoms with Crippen LogP contribution in [0.2, 0.25) is 0 Å². The lowest BCUT2D eigenvalue weighted by Gasteiger charge is -2.31. The fourth-order valence-electron chi connectivity index (χ4n) is 2.45. The highest BCUT2D eigenvalue weighted by Crippen LogP contribution is 2.23. The van der Waals surface area contributed by atoms with Crippen molar-refractivity contribution in [2.45, 2.75) is 59.4 Å². The van der Waals surface area contributed by atoms with E-state index >= 15 is 0 Å². The SMILES string of the molecule is CCNc1cc(N(CCO)C(CC)CC)nc(C(C)C)n1. The molecule has 120 valence electrons. The van der Waals surface area contributed by atoms with Crippen LogP contribution in [0.4, 0.5) is 11.6 Å². The first-order chi connectivity index (χ1) is 10.1. The predicted octanol–water partition coefficient (Wildman–Crippen LogP) is 3.02. The first-order valence-corrected chi connectivity index (χ1v) is 8.07. The molecule has 0 bridgehead atoms. The standard InChI is InChI=1S/C16H30N4O/c1-6-13(7-2)20(9-10-21)15-11-14(17-8-3)18-16(19-15)12(4)5/h11-13,21H,6-10H2,1-5H3,(H,17,18,19). The quantitative estimate of drug-likeness (QED) is 0.733. The van der Waals surface area contributed by atoms with E-state index in [2.05, 4.69) is 49.8 Å². The lowest BCUT2D eigenvalue weighted by molar-refractivity contribution is 0.295. The van der Waals surface area contributed by atoms with E-state index in [0.29, 0.717) is 12.6 Å². The molecule has 0 aliphatic rings. The first kappa shape index (κ1) is 17.7. The largest absolute Gasteiger partial charge is 0.395 e. The number of hydrogen-bond acceptors (Lipinski definition) is 5. The third-order valence-corrected chi connectivity index (χ3v) is 3.62. The molecule has 0 saturated heterocycles. The van der Waals surface area contributed by atoms with E-state index < -0.39 is 0 Å². The second-order valence-electron chi connectivity index (χ2n) is 5.54. The van der Waals surface area contributed by atoms with Crippen molar-refractivity contribution in [1.29, 1.82) is 0 Å². The molecule has 1 aromatic heterocycles. The maximum absolute atomic E-state index is 9.39. The van der Waals surface area contributed by atoms with Crippen LogP contribution in [0.25, 0.3) is 0 Å². The average molecular weight is 294 g/mol. The van der Waals surface area contributed by atoms with Gasteiger partial charge in [0.25, 0.3) is 0 Å². The van der Waals surface area contributed by atoms with Crippen molar-refractivity contribution in [2.75, 3.05) is 29.9 Å². The monoisotopic (exact) mass is 294 g/mol. The Morgan fingerprint density at radius 3 is 2.33 bits per heavy atom. The van der Waals surface area contributed by atoms with Gasteiger partial charge in [0.2, 0.25) is 0 Å². The molecule has 0 fully saturated rings. The third kappa shape index (κ3) is 4.84. The number of hydrogen-bond donors (Lipinski definition) is 2. The lowest BCUT2D eigenvalue weighted by atomic mass is 10.1. The third-order valence-electron chi connectivity index (χ3n) is 3.62. The zero-order valence-electron chi connectivity index (χ0n) is 14.1. The fourth-order valence-corrected chi connectivity index (χ4v) is 2.45. The van der Waals surface area contributed by atoms with Crippen molar-refractivity contribution in [1.82, 2.24) is 9.97 Å². The summed E-state index contributed by atoms with van der Waals surface area (Å²) in [5.41, 5.74) is 0. The molecule has 0 atom stereocenters. The maximum Gasteiger partial charge on any atom is 0.135 e. The van der Waals surface area contributed by atoms with Gasteiger partial charge < -0.3 is 15.3 Å². The van der Waals surface area contributed by atoms with Crippen LogP contribution in [0.5, 0.6) is 0 Å². The van der Waals surface area contributed by atoms with Gasteiger partial charge in [-0.2, -0.15) is 0 Å². The summed E-state index contributed by atoms with van der Waals surface area (Å²) in [4.78, 5) is 11.5. The van der Waals surface area contributed by atoms with Gasteiger partial charge in [0.15, 0.2) is 0 Å². The molecule has 1 heterocycles. The van der Waals surface area contributed by atoms with Gasteiger partial charge in [-0.3, -0.25) is 0 Å². The molecule has 5 heteroatoms. The van der Waals surface area contributed by atoms with Gasteiger partial charge in [-0.05, 0) is 19.8 Å². The minimum atomic E-state index is 0.133. The Balaban J connectivity index is 3.21. The summed E-state index contributed by atoms with van der Waals surface area (Å²) >= 11 is 0. The highest BCUT2D eigenvalue weighted by Gasteiger charge is 2.19. The second-order valence-corrected chi connectivity index (χ2v) is 5.54. The van der Waals surface area contributed by atoms with E-state index in [9.17, 15) is 5.11 Å². The molecule has 1 aromatic rings. The van der Waals surface area contributed by atoms with Gasteiger partial charge in [-0.1, -0.05) is 27.7 Å². The Kier molecular flexibility index (Phi) is 7.43. The smallest absolute Gasteiger partial charge is 0.135 e. The summed E-state index contributed by atoms with van der Waals surface area (Å²) in [5.74, 6) is 2.89. The number of aliphatic hydroxyl groups is 1. The molecule has 0 amide bonds. The van der Waals surface area contributed by atoms with Crippen LogP contribution >= 0.6 is 0 Å². The number of nitrogens with zero attached hydrogens (tertiary/aromatic N) is 3. The van der Waals surface area contributed by atoms with Crippen molar-refractivity contribution in [3.05, 3.63) is 11.9 Å². The summed E-state index contributed by atoms with van der Waals surface area (Å²) < 4.78 is 0. The van der Waals surface area contributed by atoms with Gasteiger partial charge in [-0.25, -0.2) is 9.97 Å². The van der Waals surface area contributed by atoms with Crippen LogP contribution < -0.4 is 10.2 Å². The molecule has 0 aromatic carbocycles. The minimum absolute atomic E-state index is 0.133. The molecule has 0 aliphatic carbocycles. The van der Waals surface area contributed by atoms with E-state index in [1.165, 1.54) is 0 Å². The fraction of sp³-hybridized carbons (Fsp3) is 0.750. The molecule has 5 nitrogen and oxygen atoms in total. The van der Waals surface area contributed by atoms with Gasteiger partial charge in [0, 0.05) is 31.1 Å². The Morgan fingerprint density at radius 1 is 1.19 bits per heavy atom. The van der Waals surface area contributed by atoms with Crippen molar-refractivity contribution >= 4 is 11.6 Å². The van der Waals surface area contributed by atoms with E-state index in [0.717, 1.165) is 36.8 Å². The van der Waals surface area contributed by atoms with Gasteiger partial charge in [0.05, 0.1) is 6.61 Å². The Hall–Kier alpha value is -1.36. The summed E-state index contributed by atoms with van der Waals surface area (Å²) in [6, 6.07) is 2.38. The Labute approximate surface area is 128 Å². The van der Waals surface area contributed by atoms with Crippen LogP contribution in [0.15, 0.2) is 6.07 Å². The Bertz CT molecular complexity index is 419. The summed E-state index contributed by atoms with van der Waals surface area (Å²) in [6.07, 6.45) is 2.07. The number of aliphatic hydroxyl groups excluding tert-OH is 1. The average Bonchev–Trinajstić information content (AvgIpc) is 2.47. The number of nitrogens with one attached hydrogen (secondary N) is 1. The number of aromatic nitrogens is 2. The molecule has 21 heavy (non-hydrogen) atoms. The molecule has 0 spiro atoms. The van der Waals surface area contributed by atoms with Crippen molar-refractivity contribution < 1.29 is 5.11 Å². The zero-order valence-corrected chi connectivity index (χ0v) is 14.1. The molecule has 1 rings (SSSR count). The van der Waals surface area contributed by atoms with Crippen molar-refractivity contribution in [3.8, 4) is 0 Å². The molecule has 0 unspecified atom stereocenters. The molecular formula is C16H30N4O. The molecular weight excluding hydrogens is 264 g/mol. The van der Waals surface area contributed by atoms with E-state index in [1.807, 2.05) is 6.07 Å². The summed E-state index contributed by atoms with van der Waals surface area (Å²) in [7, 11) is 0. The molecule has 2 N–H and O–H groups in total. The second kappa shape index (κ2) is 8.82. The van der Waals surface area contributed by atoms with Gasteiger partial charge >= 0.3 is 0 Å². The maximum atomic E-state index is 9.39.